The van der Waals surface area contributed by atoms with Crippen LogP contribution >= 0.6 is 12.2 Å². The van der Waals surface area contributed by atoms with Crippen LogP contribution in [0.3, 0.4) is 0 Å². The fourth-order valence-electron chi connectivity index (χ4n) is 1.24. The molecule has 0 amide bonds. The molecule has 0 aliphatic rings. The van der Waals surface area contributed by atoms with Gasteiger partial charge >= 0.3 is 0 Å². The third-order valence-electron chi connectivity index (χ3n) is 2.04. The molecule has 0 rings (SSSR count). The van der Waals surface area contributed by atoms with Crippen molar-refractivity contribution < 1.29 is 8.42 Å². The van der Waals surface area contributed by atoms with Crippen LogP contribution in [0, 0.1) is 0 Å². The van der Waals surface area contributed by atoms with E-state index in [4.69, 9.17) is 18.0 Å². The highest BCUT2D eigenvalue weighted by atomic mass is 32.2. The zero-order valence-electron chi connectivity index (χ0n) is 9.43. The van der Waals surface area contributed by atoms with Gasteiger partial charge in [-0.3, -0.25) is 0 Å². The SMILES string of the molecule is CCN(CC)S(=O)(=O)N(CC)CC(N)=S. The van der Waals surface area contributed by atoms with Gasteiger partial charge in [0.05, 0.1) is 11.5 Å². The van der Waals surface area contributed by atoms with Crippen molar-refractivity contribution in [1.82, 2.24) is 8.61 Å². The molecule has 0 aliphatic carbocycles. The van der Waals surface area contributed by atoms with Gasteiger partial charge in [0.15, 0.2) is 0 Å². The molecule has 0 heterocycles. The smallest absolute Gasteiger partial charge is 0.282 e. The minimum atomic E-state index is -3.41. The standard InChI is InChI=1S/C8H19N3O2S2/c1-4-10(5-2)15(12,13)11(6-3)7-8(9)14/h4-7H2,1-3H3,(H2,9,14). The lowest BCUT2D eigenvalue weighted by Gasteiger charge is -2.27. The average molecular weight is 253 g/mol. The normalized spacial score (nSPS) is 12.3. The molecule has 15 heavy (non-hydrogen) atoms. The monoisotopic (exact) mass is 253 g/mol. The molecule has 0 aromatic rings. The van der Waals surface area contributed by atoms with E-state index in [0.717, 1.165) is 0 Å². The highest BCUT2D eigenvalue weighted by molar-refractivity contribution is 7.87. The Kier molecular flexibility index (Phi) is 6.26. The number of hydrogen-bond acceptors (Lipinski definition) is 3. The molecule has 0 unspecified atom stereocenters. The second kappa shape index (κ2) is 6.37. The molecular weight excluding hydrogens is 234 g/mol. The van der Waals surface area contributed by atoms with Gasteiger partial charge in [0.2, 0.25) is 0 Å². The summed E-state index contributed by atoms with van der Waals surface area (Å²) in [5.74, 6) is 0. The van der Waals surface area contributed by atoms with Gasteiger partial charge < -0.3 is 5.73 Å². The maximum Gasteiger partial charge on any atom is 0.282 e. The second-order valence-electron chi connectivity index (χ2n) is 2.98. The van der Waals surface area contributed by atoms with Gasteiger partial charge in [0.25, 0.3) is 10.2 Å². The summed E-state index contributed by atoms with van der Waals surface area (Å²) in [4.78, 5) is 0.188. The maximum atomic E-state index is 12.0. The van der Waals surface area contributed by atoms with Crippen LogP contribution in [0.1, 0.15) is 20.8 Å². The summed E-state index contributed by atoms with van der Waals surface area (Å²) in [5.41, 5.74) is 5.36. The highest BCUT2D eigenvalue weighted by Crippen LogP contribution is 2.07. The fourth-order valence-corrected chi connectivity index (χ4v) is 3.09. The molecule has 0 aromatic heterocycles. The Bertz CT molecular complexity index is 299. The molecule has 0 bridgehead atoms. The first-order valence-corrected chi connectivity index (χ1v) is 6.74. The van der Waals surface area contributed by atoms with E-state index in [0.29, 0.717) is 19.6 Å². The van der Waals surface area contributed by atoms with Crippen LogP contribution in [0.15, 0.2) is 0 Å². The van der Waals surface area contributed by atoms with Crippen LogP contribution in [0.25, 0.3) is 0 Å². The molecule has 7 heteroatoms. The van der Waals surface area contributed by atoms with Crippen molar-refractivity contribution in [3.63, 3.8) is 0 Å². The van der Waals surface area contributed by atoms with E-state index in [9.17, 15) is 8.42 Å². The summed E-state index contributed by atoms with van der Waals surface area (Å²) in [6.07, 6.45) is 0. The lowest BCUT2D eigenvalue weighted by atomic mass is 10.6. The lowest BCUT2D eigenvalue weighted by Crippen LogP contribution is -2.46. The van der Waals surface area contributed by atoms with Crippen molar-refractivity contribution in [1.29, 1.82) is 0 Å². The number of likely N-dealkylation sites (N-methyl/N-ethyl adjacent to an activating group) is 1. The number of hydrogen-bond donors (Lipinski definition) is 1. The van der Waals surface area contributed by atoms with E-state index < -0.39 is 10.2 Å². The summed E-state index contributed by atoms with van der Waals surface area (Å²) >= 11 is 4.72. The van der Waals surface area contributed by atoms with E-state index in [1.165, 1.54) is 8.61 Å². The summed E-state index contributed by atoms with van der Waals surface area (Å²) in [7, 11) is -3.41. The molecule has 90 valence electrons. The second-order valence-corrected chi connectivity index (χ2v) is 5.44. The molecular formula is C8H19N3O2S2. The molecule has 2 N–H and O–H groups in total. The number of thiocarbonyl (C=S) groups is 1. The summed E-state index contributed by atoms with van der Waals surface area (Å²) in [6.45, 7) is 6.74. The first-order chi connectivity index (χ1) is 6.89. The highest BCUT2D eigenvalue weighted by Gasteiger charge is 2.26. The van der Waals surface area contributed by atoms with Gasteiger partial charge in [0, 0.05) is 19.6 Å². The molecule has 0 fully saturated rings. The van der Waals surface area contributed by atoms with Crippen molar-refractivity contribution in [2.45, 2.75) is 20.8 Å². The van der Waals surface area contributed by atoms with Gasteiger partial charge in [-0.25, -0.2) is 0 Å². The predicted molar refractivity (Wildman–Crippen MR) is 65.9 cm³/mol. The average Bonchev–Trinajstić information content (AvgIpc) is 2.15. The number of nitrogens with zero attached hydrogens (tertiary/aromatic N) is 2. The van der Waals surface area contributed by atoms with Gasteiger partial charge in [-0.2, -0.15) is 17.0 Å². The van der Waals surface area contributed by atoms with Crippen molar-refractivity contribution in [3.8, 4) is 0 Å². The minimum absolute atomic E-state index is 0.102. The molecule has 0 aliphatic heterocycles. The van der Waals surface area contributed by atoms with Crippen molar-refractivity contribution in [2.75, 3.05) is 26.2 Å². The van der Waals surface area contributed by atoms with E-state index in [1.54, 1.807) is 20.8 Å². The number of rotatable bonds is 7. The Labute approximate surface area is 97.4 Å². The Balaban J connectivity index is 4.87. The maximum absolute atomic E-state index is 12.0. The van der Waals surface area contributed by atoms with Gasteiger partial charge in [-0.1, -0.05) is 33.0 Å². The van der Waals surface area contributed by atoms with E-state index in [1.807, 2.05) is 0 Å². The molecule has 0 saturated heterocycles. The quantitative estimate of drug-likeness (QED) is 0.657. The zero-order chi connectivity index (χ0) is 12.1. The summed E-state index contributed by atoms with van der Waals surface area (Å²) in [5, 5.41) is 0. The topological polar surface area (TPSA) is 66.6 Å². The fraction of sp³-hybridized carbons (Fsp3) is 0.875. The number of nitrogens with two attached hydrogens (primary N) is 1. The minimum Gasteiger partial charge on any atom is -0.392 e. The molecule has 5 nitrogen and oxygen atoms in total. The van der Waals surface area contributed by atoms with Gasteiger partial charge in [-0.15, -0.1) is 0 Å². The Morgan fingerprint density at radius 1 is 1.13 bits per heavy atom. The van der Waals surface area contributed by atoms with Crippen molar-refractivity contribution in [3.05, 3.63) is 0 Å². The van der Waals surface area contributed by atoms with E-state index in [2.05, 4.69) is 0 Å². The van der Waals surface area contributed by atoms with Crippen LogP contribution in [-0.4, -0.2) is 48.2 Å². The van der Waals surface area contributed by atoms with Crippen molar-refractivity contribution in [2.24, 2.45) is 5.73 Å². The van der Waals surface area contributed by atoms with Crippen LogP contribution in [0.4, 0.5) is 0 Å². The third-order valence-corrected chi connectivity index (χ3v) is 4.38. The van der Waals surface area contributed by atoms with Gasteiger partial charge in [-0.05, 0) is 0 Å². The van der Waals surface area contributed by atoms with Gasteiger partial charge in [0.1, 0.15) is 0 Å². The van der Waals surface area contributed by atoms with Crippen LogP contribution in [0.2, 0.25) is 0 Å². The lowest BCUT2D eigenvalue weighted by molar-refractivity contribution is 0.375. The van der Waals surface area contributed by atoms with Crippen LogP contribution in [0.5, 0.6) is 0 Å². The summed E-state index contributed by atoms with van der Waals surface area (Å²) < 4.78 is 26.7. The third kappa shape index (κ3) is 4.02. The van der Waals surface area contributed by atoms with Crippen LogP contribution in [-0.2, 0) is 10.2 Å². The van der Waals surface area contributed by atoms with Crippen molar-refractivity contribution >= 4 is 27.4 Å². The molecule has 0 spiro atoms. The van der Waals surface area contributed by atoms with E-state index >= 15 is 0 Å². The predicted octanol–water partition coefficient (Wildman–Crippen LogP) is 0.181. The first-order valence-electron chi connectivity index (χ1n) is 4.93. The Morgan fingerprint density at radius 3 is 1.80 bits per heavy atom. The Morgan fingerprint density at radius 2 is 1.53 bits per heavy atom. The molecule has 0 radical (unpaired) electrons. The summed E-state index contributed by atoms with van der Waals surface area (Å²) in [6, 6.07) is 0. The van der Waals surface area contributed by atoms with Crippen LogP contribution < -0.4 is 5.73 Å². The molecule has 0 aromatic carbocycles. The van der Waals surface area contributed by atoms with E-state index in [-0.39, 0.29) is 11.5 Å². The largest absolute Gasteiger partial charge is 0.392 e. The molecule has 0 saturated carbocycles. The Hall–Kier alpha value is -0.240. The molecule has 0 atom stereocenters. The first kappa shape index (κ1) is 14.8. The zero-order valence-corrected chi connectivity index (χ0v) is 11.1.